The molecule has 1 rings (SSSR count). The standard InChI is InChI=1S/C14H24N2O2S/c1-5-12(6-2)11(4)16-19(17,18)13-8-7-10(3)14(15)9-13/h7-9,11-12,16H,5-6,15H2,1-4H3. The molecule has 0 radical (unpaired) electrons. The second kappa shape index (κ2) is 6.39. The van der Waals surface area contributed by atoms with Crippen molar-refractivity contribution < 1.29 is 8.42 Å². The number of hydrogen-bond donors (Lipinski definition) is 2. The van der Waals surface area contributed by atoms with Gasteiger partial charge in [0, 0.05) is 11.7 Å². The van der Waals surface area contributed by atoms with Gasteiger partial charge in [-0.05, 0) is 37.5 Å². The summed E-state index contributed by atoms with van der Waals surface area (Å²) in [4.78, 5) is 0.230. The van der Waals surface area contributed by atoms with Crippen molar-refractivity contribution in [1.82, 2.24) is 4.72 Å². The fraction of sp³-hybridized carbons (Fsp3) is 0.571. The van der Waals surface area contributed by atoms with Crippen LogP contribution in [-0.4, -0.2) is 14.5 Å². The SMILES string of the molecule is CCC(CC)C(C)NS(=O)(=O)c1ccc(C)c(N)c1. The van der Waals surface area contributed by atoms with E-state index < -0.39 is 10.0 Å². The Balaban J connectivity index is 2.95. The molecule has 0 saturated heterocycles. The molecule has 0 saturated carbocycles. The molecule has 19 heavy (non-hydrogen) atoms. The molecular formula is C14H24N2O2S. The first-order valence-electron chi connectivity index (χ1n) is 6.70. The molecule has 0 heterocycles. The van der Waals surface area contributed by atoms with Crippen molar-refractivity contribution in [3.8, 4) is 0 Å². The van der Waals surface area contributed by atoms with Gasteiger partial charge in [-0.2, -0.15) is 0 Å². The lowest BCUT2D eigenvalue weighted by atomic mass is 9.96. The van der Waals surface area contributed by atoms with Crippen LogP contribution in [0.15, 0.2) is 23.1 Å². The number of nitrogens with one attached hydrogen (secondary N) is 1. The Morgan fingerprint density at radius 2 is 1.84 bits per heavy atom. The highest BCUT2D eigenvalue weighted by Gasteiger charge is 2.22. The fourth-order valence-electron chi connectivity index (χ4n) is 2.19. The lowest BCUT2D eigenvalue weighted by Crippen LogP contribution is -2.37. The quantitative estimate of drug-likeness (QED) is 0.789. The summed E-state index contributed by atoms with van der Waals surface area (Å²) in [6, 6.07) is 4.75. The Morgan fingerprint density at radius 1 is 1.26 bits per heavy atom. The molecule has 0 aliphatic carbocycles. The van der Waals surface area contributed by atoms with Crippen molar-refractivity contribution in [3.05, 3.63) is 23.8 Å². The molecule has 1 aromatic rings. The second-order valence-corrected chi connectivity index (χ2v) is 6.72. The van der Waals surface area contributed by atoms with Gasteiger partial charge in [-0.25, -0.2) is 13.1 Å². The van der Waals surface area contributed by atoms with Gasteiger partial charge in [0.2, 0.25) is 10.0 Å². The lowest BCUT2D eigenvalue weighted by molar-refractivity contribution is 0.391. The number of hydrogen-bond acceptors (Lipinski definition) is 3. The van der Waals surface area contributed by atoms with E-state index in [4.69, 9.17) is 5.73 Å². The Bertz CT molecular complexity index is 522. The molecule has 1 aromatic carbocycles. The van der Waals surface area contributed by atoms with Crippen molar-refractivity contribution in [1.29, 1.82) is 0 Å². The summed E-state index contributed by atoms with van der Waals surface area (Å²) >= 11 is 0. The van der Waals surface area contributed by atoms with Crippen LogP contribution in [0.5, 0.6) is 0 Å². The zero-order valence-electron chi connectivity index (χ0n) is 12.1. The Labute approximate surface area is 116 Å². The largest absolute Gasteiger partial charge is 0.398 e. The van der Waals surface area contributed by atoms with E-state index in [0.717, 1.165) is 18.4 Å². The second-order valence-electron chi connectivity index (χ2n) is 5.00. The van der Waals surface area contributed by atoms with Gasteiger partial charge in [0.15, 0.2) is 0 Å². The molecule has 0 aliphatic rings. The van der Waals surface area contributed by atoms with Gasteiger partial charge >= 0.3 is 0 Å². The maximum Gasteiger partial charge on any atom is 0.240 e. The zero-order valence-corrected chi connectivity index (χ0v) is 12.9. The van der Waals surface area contributed by atoms with Gasteiger partial charge in [-0.15, -0.1) is 0 Å². The Morgan fingerprint density at radius 3 is 2.32 bits per heavy atom. The van der Waals surface area contributed by atoms with E-state index in [2.05, 4.69) is 18.6 Å². The molecule has 1 unspecified atom stereocenters. The molecule has 3 N–H and O–H groups in total. The first-order chi connectivity index (χ1) is 8.81. The minimum atomic E-state index is -3.49. The van der Waals surface area contributed by atoms with Crippen LogP contribution in [0.2, 0.25) is 0 Å². The third-order valence-electron chi connectivity index (χ3n) is 3.66. The third-order valence-corrected chi connectivity index (χ3v) is 5.21. The third kappa shape index (κ3) is 3.94. The summed E-state index contributed by atoms with van der Waals surface area (Å²) in [6.45, 7) is 7.91. The normalized spacial score (nSPS) is 13.7. The van der Waals surface area contributed by atoms with Crippen LogP contribution < -0.4 is 10.5 Å². The molecular weight excluding hydrogens is 260 g/mol. The Hall–Kier alpha value is -1.07. The monoisotopic (exact) mass is 284 g/mol. The van der Waals surface area contributed by atoms with Crippen LogP contribution in [0, 0.1) is 12.8 Å². The predicted octanol–water partition coefficient (Wildman–Crippen LogP) is 2.68. The van der Waals surface area contributed by atoms with Crippen molar-refractivity contribution in [2.24, 2.45) is 5.92 Å². The minimum absolute atomic E-state index is 0.0810. The van der Waals surface area contributed by atoms with Gasteiger partial charge in [0.25, 0.3) is 0 Å². The van der Waals surface area contributed by atoms with Gasteiger partial charge in [0.1, 0.15) is 0 Å². The van der Waals surface area contributed by atoms with Crippen molar-refractivity contribution in [2.45, 2.75) is 51.5 Å². The number of rotatable bonds is 6. The van der Waals surface area contributed by atoms with Crippen LogP contribution >= 0.6 is 0 Å². The molecule has 0 bridgehead atoms. The predicted molar refractivity (Wildman–Crippen MR) is 79.4 cm³/mol. The van der Waals surface area contributed by atoms with Crippen LogP contribution in [-0.2, 0) is 10.0 Å². The van der Waals surface area contributed by atoms with Gasteiger partial charge < -0.3 is 5.73 Å². The Kier molecular flexibility index (Phi) is 5.38. The topological polar surface area (TPSA) is 72.2 Å². The number of anilines is 1. The first-order valence-corrected chi connectivity index (χ1v) is 8.18. The molecule has 108 valence electrons. The van der Waals surface area contributed by atoms with E-state index in [1.54, 1.807) is 12.1 Å². The zero-order chi connectivity index (χ0) is 14.6. The van der Waals surface area contributed by atoms with E-state index in [1.807, 2.05) is 13.8 Å². The van der Waals surface area contributed by atoms with Crippen LogP contribution in [0.1, 0.15) is 39.2 Å². The molecule has 5 heteroatoms. The summed E-state index contributed by atoms with van der Waals surface area (Å²) in [5.41, 5.74) is 7.15. The number of benzene rings is 1. The molecule has 0 amide bonds. The fourth-order valence-corrected chi connectivity index (χ4v) is 3.54. The lowest BCUT2D eigenvalue weighted by Gasteiger charge is -2.22. The van der Waals surface area contributed by atoms with Crippen molar-refractivity contribution in [3.63, 3.8) is 0 Å². The average molecular weight is 284 g/mol. The highest BCUT2D eigenvalue weighted by atomic mass is 32.2. The number of sulfonamides is 1. The van der Waals surface area contributed by atoms with E-state index >= 15 is 0 Å². The van der Waals surface area contributed by atoms with Gasteiger partial charge in [-0.3, -0.25) is 0 Å². The van der Waals surface area contributed by atoms with E-state index in [9.17, 15) is 8.42 Å². The molecule has 1 atom stereocenters. The van der Waals surface area contributed by atoms with E-state index in [-0.39, 0.29) is 10.9 Å². The summed E-state index contributed by atoms with van der Waals surface area (Å²) in [5.74, 6) is 0.345. The molecule has 0 spiro atoms. The smallest absolute Gasteiger partial charge is 0.240 e. The maximum absolute atomic E-state index is 12.3. The molecule has 0 fully saturated rings. The minimum Gasteiger partial charge on any atom is -0.398 e. The summed E-state index contributed by atoms with van der Waals surface area (Å²) < 4.78 is 27.3. The van der Waals surface area contributed by atoms with Gasteiger partial charge in [0.05, 0.1) is 4.90 Å². The summed E-state index contributed by atoms with van der Waals surface area (Å²) in [6.07, 6.45) is 1.91. The maximum atomic E-state index is 12.3. The first kappa shape index (κ1) is 16.0. The number of nitrogen functional groups attached to an aromatic ring is 1. The molecule has 0 aliphatic heterocycles. The van der Waals surface area contributed by atoms with E-state index in [1.165, 1.54) is 6.07 Å². The van der Waals surface area contributed by atoms with E-state index in [0.29, 0.717) is 11.6 Å². The summed E-state index contributed by atoms with van der Waals surface area (Å²) in [5, 5.41) is 0. The van der Waals surface area contributed by atoms with Crippen LogP contribution in [0.3, 0.4) is 0 Å². The highest BCUT2D eigenvalue weighted by molar-refractivity contribution is 7.89. The van der Waals surface area contributed by atoms with Crippen LogP contribution in [0.4, 0.5) is 5.69 Å². The average Bonchev–Trinajstić information content (AvgIpc) is 2.33. The van der Waals surface area contributed by atoms with Gasteiger partial charge in [-0.1, -0.05) is 32.8 Å². The van der Waals surface area contributed by atoms with Crippen molar-refractivity contribution in [2.75, 3.05) is 5.73 Å². The van der Waals surface area contributed by atoms with Crippen molar-refractivity contribution >= 4 is 15.7 Å². The highest BCUT2D eigenvalue weighted by Crippen LogP contribution is 2.19. The number of nitrogens with two attached hydrogens (primary N) is 1. The molecule has 0 aromatic heterocycles. The van der Waals surface area contributed by atoms with Crippen LogP contribution in [0.25, 0.3) is 0 Å². The number of aryl methyl sites for hydroxylation is 1. The summed E-state index contributed by atoms with van der Waals surface area (Å²) in [7, 11) is -3.49. The molecule has 4 nitrogen and oxygen atoms in total.